The lowest BCUT2D eigenvalue weighted by molar-refractivity contribution is 0.399. The molecule has 0 aromatic carbocycles. The van der Waals surface area contributed by atoms with Gasteiger partial charge in [0.05, 0.1) is 18.4 Å². The molecule has 1 atom stereocenters. The van der Waals surface area contributed by atoms with Gasteiger partial charge in [-0.2, -0.15) is 0 Å². The van der Waals surface area contributed by atoms with Gasteiger partial charge in [0.15, 0.2) is 10.8 Å². The first kappa shape index (κ1) is 15.7. The molecule has 0 saturated carbocycles. The zero-order valence-corrected chi connectivity index (χ0v) is 14.0. The molecule has 1 N–H and O–H groups in total. The van der Waals surface area contributed by atoms with Gasteiger partial charge >= 0.3 is 0 Å². The van der Waals surface area contributed by atoms with Crippen LogP contribution in [0.3, 0.4) is 0 Å². The zero-order valence-electron chi connectivity index (χ0n) is 13.2. The number of ether oxygens (including phenoxy) is 1. The Morgan fingerprint density at radius 3 is 2.96 bits per heavy atom. The van der Waals surface area contributed by atoms with E-state index in [2.05, 4.69) is 34.1 Å². The molecule has 0 radical (unpaired) electrons. The number of nitrogens with zero attached hydrogens (tertiary/aromatic N) is 4. The third-order valence-electron chi connectivity index (χ3n) is 3.69. The average Bonchev–Trinajstić information content (AvgIpc) is 3.03. The Morgan fingerprint density at radius 1 is 1.39 bits per heavy atom. The predicted molar refractivity (Wildman–Crippen MR) is 89.9 cm³/mol. The Balaban J connectivity index is 2.13. The number of hydrogen-bond acceptors (Lipinski definition) is 5. The van der Waals surface area contributed by atoms with Crippen LogP contribution in [0, 0.1) is 0 Å². The van der Waals surface area contributed by atoms with Crippen LogP contribution < -0.4 is 10.1 Å². The SMILES string of the molecule is CCNC(C)c1cnc(OC)c(-c2cn3ccnc3c(Cl)n2)c1. The van der Waals surface area contributed by atoms with Crippen LogP contribution in [0.2, 0.25) is 5.15 Å². The van der Waals surface area contributed by atoms with Crippen LogP contribution in [0.1, 0.15) is 25.5 Å². The van der Waals surface area contributed by atoms with Crippen molar-refractivity contribution in [3.8, 4) is 17.1 Å². The summed E-state index contributed by atoms with van der Waals surface area (Å²) in [6.45, 7) is 5.05. The van der Waals surface area contributed by atoms with Gasteiger partial charge in [0, 0.05) is 30.8 Å². The van der Waals surface area contributed by atoms with E-state index in [0.29, 0.717) is 22.4 Å². The van der Waals surface area contributed by atoms with Crippen molar-refractivity contribution < 1.29 is 4.74 Å². The second-order valence-corrected chi connectivity index (χ2v) is 5.54. The lowest BCUT2D eigenvalue weighted by Gasteiger charge is -2.15. The summed E-state index contributed by atoms with van der Waals surface area (Å²) in [6.07, 6.45) is 7.20. The quantitative estimate of drug-likeness (QED) is 0.778. The molecule has 23 heavy (non-hydrogen) atoms. The third kappa shape index (κ3) is 3.00. The minimum atomic E-state index is 0.185. The van der Waals surface area contributed by atoms with Gasteiger partial charge in [-0.05, 0) is 25.1 Å². The van der Waals surface area contributed by atoms with E-state index in [0.717, 1.165) is 17.7 Å². The fraction of sp³-hybridized carbons (Fsp3) is 0.312. The predicted octanol–water partition coefficient (Wildman–Crippen LogP) is 3.12. The molecular weight excluding hydrogens is 314 g/mol. The molecule has 0 bridgehead atoms. The van der Waals surface area contributed by atoms with Crippen LogP contribution in [0.4, 0.5) is 0 Å². The topological polar surface area (TPSA) is 64.3 Å². The van der Waals surface area contributed by atoms with Crippen LogP contribution in [0.5, 0.6) is 5.88 Å². The van der Waals surface area contributed by atoms with Crippen LogP contribution in [0.25, 0.3) is 16.9 Å². The van der Waals surface area contributed by atoms with E-state index >= 15 is 0 Å². The molecule has 3 heterocycles. The summed E-state index contributed by atoms with van der Waals surface area (Å²) in [4.78, 5) is 13.0. The highest BCUT2D eigenvalue weighted by Gasteiger charge is 2.15. The first-order valence-corrected chi connectivity index (χ1v) is 7.78. The number of fused-ring (bicyclic) bond motifs is 1. The number of rotatable bonds is 5. The van der Waals surface area contributed by atoms with Crippen molar-refractivity contribution in [3.63, 3.8) is 0 Å². The highest BCUT2D eigenvalue weighted by molar-refractivity contribution is 6.32. The van der Waals surface area contributed by atoms with E-state index in [1.54, 1.807) is 13.3 Å². The Kier molecular flexibility index (Phi) is 4.45. The summed E-state index contributed by atoms with van der Waals surface area (Å²) >= 11 is 6.23. The van der Waals surface area contributed by atoms with E-state index in [1.807, 2.05) is 29.1 Å². The van der Waals surface area contributed by atoms with E-state index < -0.39 is 0 Å². The molecular formula is C16H18ClN5O. The normalized spacial score (nSPS) is 12.5. The zero-order chi connectivity index (χ0) is 16.4. The van der Waals surface area contributed by atoms with Crippen molar-refractivity contribution in [2.45, 2.75) is 19.9 Å². The molecule has 3 aromatic heterocycles. The van der Waals surface area contributed by atoms with Gasteiger partial charge in [-0.15, -0.1) is 0 Å². The monoisotopic (exact) mass is 331 g/mol. The molecule has 0 aliphatic rings. The van der Waals surface area contributed by atoms with E-state index in [-0.39, 0.29) is 6.04 Å². The Bertz CT molecular complexity index is 832. The first-order chi connectivity index (χ1) is 11.1. The fourth-order valence-electron chi connectivity index (χ4n) is 2.50. The second kappa shape index (κ2) is 6.52. The van der Waals surface area contributed by atoms with Crippen molar-refractivity contribution in [1.29, 1.82) is 0 Å². The molecule has 0 aliphatic carbocycles. The maximum atomic E-state index is 6.23. The number of hydrogen-bond donors (Lipinski definition) is 1. The number of pyridine rings is 1. The molecule has 3 rings (SSSR count). The molecule has 0 spiro atoms. The molecule has 7 heteroatoms. The van der Waals surface area contributed by atoms with Crippen molar-refractivity contribution in [2.24, 2.45) is 0 Å². The van der Waals surface area contributed by atoms with Gasteiger partial charge in [-0.25, -0.2) is 15.0 Å². The van der Waals surface area contributed by atoms with Crippen molar-refractivity contribution >= 4 is 17.2 Å². The molecule has 1 unspecified atom stereocenters. The van der Waals surface area contributed by atoms with Gasteiger partial charge in [-0.3, -0.25) is 0 Å². The maximum absolute atomic E-state index is 6.23. The Hall–Kier alpha value is -2.18. The van der Waals surface area contributed by atoms with Crippen LogP contribution in [-0.4, -0.2) is 33.0 Å². The largest absolute Gasteiger partial charge is 0.481 e. The van der Waals surface area contributed by atoms with Crippen molar-refractivity contribution in [3.05, 3.63) is 41.6 Å². The summed E-state index contributed by atoms with van der Waals surface area (Å²) < 4.78 is 7.23. The second-order valence-electron chi connectivity index (χ2n) is 5.18. The Morgan fingerprint density at radius 2 is 2.22 bits per heavy atom. The van der Waals surface area contributed by atoms with E-state index in [4.69, 9.17) is 16.3 Å². The van der Waals surface area contributed by atoms with Crippen molar-refractivity contribution in [2.75, 3.05) is 13.7 Å². The minimum Gasteiger partial charge on any atom is -0.481 e. The lowest BCUT2D eigenvalue weighted by Crippen LogP contribution is -2.18. The molecule has 6 nitrogen and oxygen atoms in total. The van der Waals surface area contributed by atoms with Gasteiger partial charge in [-0.1, -0.05) is 18.5 Å². The van der Waals surface area contributed by atoms with Gasteiger partial charge < -0.3 is 14.5 Å². The van der Waals surface area contributed by atoms with Crippen LogP contribution >= 0.6 is 11.6 Å². The molecule has 0 fully saturated rings. The molecule has 0 amide bonds. The third-order valence-corrected chi connectivity index (χ3v) is 3.94. The van der Waals surface area contributed by atoms with Crippen LogP contribution in [0.15, 0.2) is 30.9 Å². The van der Waals surface area contributed by atoms with Gasteiger partial charge in [0.2, 0.25) is 5.88 Å². The number of imidazole rings is 1. The van der Waals surface area contributed by atoms with Gasteiger partial charge in [0.1, 0.15) is 0 Å². The van der Waals surface area contributed by atoms with Crippen molar-refractivity contribution in [1.82, 2.24) is 24.7 Å². The highest BCUT2D eigenvalue weighted by atomic mass is 35.5. The lowest BCUT2D eigenvalue weighted by atomic mass is 10.1. The molecule has 120 valence electrons. The summed E-state index contributed by atoms with van der Waals surface area (Å²) in [5.41, 5.74) is 3.17. The van der Waals surface area contributed by atoms with E-state index in [9.17, 15) is 0 Å². The average molecular weight is 332 g/mol. The number of halogens is 1. The molecule has 3 aromatic rings. The molecule has 0 aliphatic heterocycles. The smallest absolute Gasteiger partial charge is 0.222 e. The number of methoxy groups -OCH3 is 1. The summed E-state index contributed by atoms with van der Waals surface area (Å²) in [5.74, 6) is 0.514. The number of aromatic nitrogens is 4. The van der Waals surface area contributed by atoms with Gasteiger partial charge in [0.25, 0.3) is 0 Å². The summed E-state index contributed by atoms with van der Waals surface area (Å²) in [5, 5.41) is 3.72. The highest BCUT2D eigenvalue weighted by Crippen LogP contribution is 2.30. The minimum absolute atomic E-state index is 0.185. The van der Waals surface area contributed by atoms with Crippen LogP contribution in [-0.2, 0) is 0 Å². The fourth-order valence-corrected chi connectivity index (χ4v) is 2.74. The summed E-state index contributed by atoms with van der Waals surface area (Å²) in [7, 11) is 1.59. The first-order valence-electron chi connectivity index (χ1n) is 7.41. The van der Waals surface area contributed by atoms with E-state index in [1.165, 1.54) is 0 Å². The molecule has 0 saturated heterocycles. The maximum Gasteiger partial charge on any atom is 0.222 e. The number of nitrogens with one attached hydrogen (secondary N) is 1. The summed E-state index contributed by atoms with van der Waals surface area (Å²) in [6, 6.07) is 2.21. The standard InChI is InChI=1S/C16H18ClN5O/c1-4-18-10(2)11-7-12(16(23-3)20-8-11)13-9-22-6-5-19-15(22)14(17)21-13/h5-10,18H,4H2,1-3H3. The Labute approximate surface area is 139 Å².